The fourth-order valence-electron chi connectivity index (χ4n) is 9.73. The van der Waals surface area contributed by atoms with Gasteiger partial charge in [-0.2, -0.15) is 0 Å². The Balaban J connectivity index is 1.31. The smallest absolute Gasteiger partial charge is 0.303 e. The second-order valence-electron chi connectivity index (χ2n) is 14.3. The second kappa shape index (κ2) is 11.4. The summed E-state index contributed by atoms with van der Waals surface area (Å²) in [5.41, 5.74) is -0.604. The number of amidine groups is 1. The third-order valence-electron chi connectivity index (χ3n) is 11.6. The number of aliphatic carboxylic acids is 1. The van der Waals surface area contributed by atoms with E-state index in [1.165, 1.54) is 17.4 Å². The number of thiazole rings is 1. The highest BCUT2D eigenvalue weighted by molar-refractivity contribution is 7.11. The lowest BCUT2D eigenvalue weighted by Crippen LogP contribution is -2.59. The summed E-state index contributed by atoms with van der Waals surface area (Å²) in [4.78, 5) is 39.8. The van der Waals surface area contributed by atoms with Crippen LogP contribution in [0.3, 0.4) is 0 Å². The molecule has 4 fully saturated rings. The first-order chi connectivity index (χ1) is 22.3. The molecule has 1 N–H and O–H groups in total. The van der Waals surface area contributed by atoms with Crippen molar-refractivity contribution in [2.24, 2.45) is 28.2 Å². The van der Waals surface area contributed by atoms with E-state index >= 15 is 13.6 Å². The first-order valence-electron chi connectivity index (χ1n) is 16.1. The molecule has 8 nitrogen and oxygen atoms in total. The molecule has 7 rings (SSSR count). The standard InChI is InChI=1S/C34H38ClF3N4O4S/c1-17-25(21-6-5-7-22(36)26(21)35)27(46-4)28-32(2,3)34(28,29(17)45)42-19(8-9-39-30(42)31-40-10-11-47-31)16-41-20-12-18(14-24(43)44)13-23(41)33(37,38)15-20/h5-8,10-11,17-18,20,23,25,27-28H,9,12-16H2,1-4H3,(H,43,44)/t17?,18-,20+,23-,25-,27?,28?,34?/m1/s1. The van der Waals surface area contributed by atoms with Crippen LogP contribution in [0.15, 0.2) is 46.5 Å². The van der Waals surface area contributed by atoms with Gasteiger partial charge in [0.05, 0.1) is 23.7 Å². The number of carboxylic acids is 1. The molecular weight excluding hydrogens is 653 g/mol. The fraction of sp³-hybridized carbons (Fsp3) is 0.588. The van der Waals surface area contributed by atoms with Gasteiger partial charge in [-0.15, -0.1) is 11.3 Å². The minimum atomic E-state index is -2.96. The number of aliphatic imine (C=N–C) groups is 1. The summed E-state index contributed by atoms with van der Waals surface area (Å²) < 4.78 is 51.9. The average Bonchev–Trinajstić information content (AvgIpc) is 3.30. The molecule has 252 valence electrons. The number of ketones is 1. The molecule has 2 aromatic rings. The zero-order chi connectivity index (χ0) is 33.6. The molecule has 47 heavy (non-hydrogen) atoms. The zero-order valence-corrected chi connectivity index (χ0v) is 28.2. The largest absolute Gasteiger partial charge is 0.481 e. The summed E-state index contributed by atoms with van der Waals surface area (Å²) in [6.45, 7) is 6.31. The molecule has 3 aliphatic heterocycles. The summed E-state index contributed by atoms with van der Waals surface area (Å²) in [6, 6.07) is 3.01. The predicted molar refractivity (Wildman–Crippen MR) is 171 cm³/mol. The first-order valence-corrected chi connectivity index (χ1v) is 17.3. The second-order valence-corrected chi connectivity index (χ2v) is 15.5. The normalized spacial score (nSPS) is 35.7. The number of benzene rings is 1. The summed E-state index contributed by atoms with van der Waals surface area (Å²) >= 11 is 7.90. The molecule has 8 atom stereocenters. The van der Waals surface area contributed by atoms with Gasteiger partial charge in [-0.05, 0) is 36.5 Å². The number of nitrogens with zero attached hydrogens (tertiary/aromatic N) is 4. The Bertz CT molecular complexity index is 1670. The van der Waals surface area contributed by atoms with Crippen molar-refractivity contribution in [1.29, 1.82) is 0 Å². The molecule has 0 amide bonds. The van der Waals surface area contributed by atoms with Crippen molar-refractivity contribution in [3.63, 3.8) is 0 Å². The van der Waals surface area contributed by atoms with Gasteiger partial charge in [-0.3, -0.25) is 19.5 Å². The van der Waals surface area contributed by atoms with Crippen LogP contribution in [0.1, 0.15) is 62.9 Å². The number of hydrogen-bond acceptors (Lipinski definition) is 8. The molecule has 5 aliphatic rings. The molecule has 0 spiro atoms. The molecule has 2 bridgehead atoms. The van der Waals surface area contributed by atoms with Gasteiger partial charge in [-0.1, -0.05) is 44.5 Å². The lowest BCUT2D eigenvalue weighted by molar-refractivity contribution is -0.139. The Labute approximate surface area is 280 Å². The molecule has 4 heterocycles. The van der Waals surface area contributed by atoms with Gasteiger partial charge in [0.15, 0.2) is 16.6 Å². The monoisotopic (exact) mass is 690 g/mol. The van der Waals surface area contributed by atoms with Crippen LogP contribution in [-0.4, -0.2) is 87.3 Å². The lowest BCUT2D eigenvalue weighted by Gasteiger charge is -2.47. The van der Waals surface area contributed by atoms with Crippen molar-refractivity contribution < 1.29 is 32.6 Å². The number of ether oxygens (including phenoxy) is 1. The Morgan fingerprint density at radius 3 is 2.68 bits per heavy atom. The van der Waals surface area contributed by atoms with Gasteiger partial charge < -0.3 is 14.7 Å². The van der Waals surface area contributed by atoms with Crippen LogP contribution in [0, 0.1) is 29.0 Å². The van der Waals surface area contributed by atoms with Crippen molar-refractivity contribution in [1.82, 2.24) is 14.8 Å². The first kappa shape index (κ1) is 32.7. The molecule has 1 aromatic heterocycles. The number of carbonyl (C=O) groups is 2. The maximum absolute atomic E-state index is 15.5. The summed E-state index contributed by atoms with van der Waals surface area (Å²) in [6.07, 6.45) is 3.06. The minimum Gasteiger partial charge on any atom is -0.481 e. The highest BCUT2D eigenvalue weighted by Gasteiger charge is 2.84. The van der Waals surface area contributed by atoms with Crippen molar-refractivity contribution in [2.45, 2.75) is 82.0 Å². The van der Waals surface area contributed by atoms with Crippen LogP contribution in [0.4, 0.5) is 13.2 Å². The maximum atomic E-state index is 15.5. The number of aromatic nitrogens is 1. The number of hydrogen-bond donors (Lipinski definition) is 1. The third kappa shape index (κ3) is 4.75. The van der Waals surface area contributed by atoms with Gasteiger partial charge in [-0.25, -0.2) is 18.2 Å². The van der Waals surface area contributed by atoms with Gasteiger partial charge in [0.25, 0.3) is 5.92 Å². The van der Waals surface area contributed by atoms with E-state index in [4.69, 9.17) is 21.3 Å². The number of piperidine rings is 1. The van der Waals surface area contributed by atoms with Crippen LogP contribution in [0.2, 0.25) is 5.02 Å². The number of fused-ring (bicyclic) bond motifs is 3. The quantitative estimate of drug-likeness (QED) is 0.350. The van der Waals surface area contributed by atoms with Crippen molar-refractivity contribution in [3.8, 4) is 0 Å². The highest BCUT2D eigenvalue weighted by Crippen LogP contribution is 2.73. The molecule has 2 saturated heterocycles. The number of alkyl halides is 2. The van der Waals surface area contributed by atoms with Crippen molar-refractivity contribution >= 4 is 40.5 Å². The maximum Gasteiger partial charge on any atom is 0.303 e. The van der Waals surface area contributed by atoms with E-state index in [1.807, 2.05) is 42.0 Å². The van der Waals surface area contributed by atoms with Gasteiger partial charge in [0.1, 0.15) is 11.4 Å². The molecule has 1 aromatic carbocycles. The Kier molecular flexibility index (Phi) is 7.93. The lowest BCUT2D eigenvalue weighted by atomic mass is 9.71. The van der Waals surface area contributed by atoms with Gasteiger partial charge in [0, 0.05) is 73.0 Å². The van der Waals surface area contributed by atoms with Crippen LogP contribution < -0.4 is 0 Å². The number of rotatable bonds is 8. The molecule has 13 heteroatoms. The number of carboxylic acid groups (broad SMARTS) is 1. The fourth-order valence-corrected chi connectivity index (χ4v) is 10.6. The zero-order valence-electron chi connectivity index (χ0n) is 26.6. The highest BCUT2D eigenvalue weighted by atomic mass is 35.5. The topological polar surface area (TPSA) is 95.3 Å². The Hall–Kier alpha value is -2.80. The van der Waals surface area contributed by atoms with E-state index in [2.05, 4.69) is 4.98 Å². The van der Waals surface area contributed by atoms with E-state index in [9.17, 15) is 14.3 Å². The number of halogens is 4. The van der Waals surface area contributed by atoms with Gasteiger partial charge in [0.2, 0.25) is 0 Å². The number of methoxy groups -OCH3 is 1. The van der Waals surface area contributed by atoms with Crippen molar-refractivity contribution in [2.75, 3.05) is 20.2 Å². The van der Waals surface area contributed by atoms with E-state index in [1.54, 1.807) is 25.4 Å². The van der Waals surface area contributed by atoms with Crippen molar-refractivity contribution in [3.05, 3.63) is 63.0 Å². The van der Waals surface area contributed by atoms with E-state index < -0.39 is 58.7 Å². The Morgan fingerprint density at radius 1 is 1.26 bits per heavy atom. The third-order valence-corrected chi connectivity index (χ3v) is 12.8. The summed E-state index contributed by atoms with van der Waals surface area (Å²) in [5, 5.41) is 11.8. The molecule has 4 unspecified atom stereocenters. The van der Waals surface area contributed by atoms with E-state index in [-0.39, 0.29) is 48.4 Å². The van der Waals surface area contributed by atoms with Crippen LogP contribution >= 0.6 is 22.9 Å². The summed E-state index contributed by atoms with van der Waals surface area (Å²) in [5.74, 6) is -5.91. The van der Waals surface area contributed by atoms with Gasteiger partial charge >= 0.3 is 5.97 Å². The number of carbonyl (C=O) groups excluding carboxylic acids is 1. The molecule has 0 radical (unpaired) electrons. The Morgan fingerprint density at radius 2 is 2.02 bits per heavy atom. The van der Waals surface area contributed by atoms with Crippen LogP contribution in [0.5, 0.6) is 0 Å². The molecular formula is C34H38ClF3N4O4S. The van der Waals surface area contributed by atoms with Crippen LogP contribution in [-0.2, 0) is 14.3 Å². The minimum absolute atomic E-state index is 0.0311. The average molecular weight is 691 g/mol. The summed E-state index contributed by atoms with van der Waals surface area (Å²) in [7, 11) is 1.59. The van der Waals surface area contributed by atoms with E-state index in [0.717, 1.165) is 0 Å². The van der Waals surface area contributed by atoms with E-state index in [0.29, 0.717) is 35.1 Å². The predicted octanol–water partition coefficient (Wildman–Crippen LogP) is 6.26. The SMILES string of the molecule is COC1C2C(C)(C)C2(N2C(CN3[C@H]4C[C@@H](CC(=O)O)C[C@@H]3C(F)(F)C4)=CCN=C2c2nccs2)C(=O)C(C)[C@@H]1c1cccc(F)c1Cl. The van der Waals surface area contributed by atoms with Crippen LogP contribution in [0.25, 0.3) is 0 Å². The molecule has 2 saturated carbocycles. The number of Topliss-reactive ketones (excluding diaryl/α,β-unsaturated/α-hetero) is 1. The molecule has 2 aliphatic carbocycles.